The van der Waals surface area contributed by atoms with Crippen molar-refractivity contribution in [3.05, 3.63) is 29.3 Å². The van der Waals surface area contributed by atoms with Gasteiger partial charge in [-0.1, -0.05) is 44.0 Å². The maximum atomic E-state index is 6.37. The SMILES string of the molecule is C[C@@]12CCC[C@H]1[C@@H]1CC[C@H]3CC(Oc4ccccc4Cl)CC[C@]3(C)[C@H]1CC2. The van der Waals surface area contributed by atoms with E-state index in [4.69, 9.17) is 16.3 Å². The molecule has 4 aliphatic rings. The molecule has 1 nitrogen and oxygen atoms in total. The molecule has 0 aliphatic heterocycles. The Morgan fingerprint density at radius 1 is 0.926 bits per heavy atom. The molecule has 148 valence electrons. The number of para-hydroxylation sites is 1. The summed E-state index contributed by atoms with van der Waals surface area (Å²) in [4.78, 5) is 0. The van der Waals surface area contributed by atoms with Gasteiger partial charge >= 0.3 is 0 Å². The molecule has 4 saturated carbocycles. The molecule has 4 aliphatic carbocycles. The van der Waals surface area contributed by atoms with Crippen LogP contribution in [0.25, 0.3) is 0 Å². The van der Waals surface area contributed by atoms with Crippen LogP contribution in [0.5, 0.6) is 5.75 Å². The van der Waals surface area contributed by atoms with E-state index in [-0.39, 0.29) is 0 Å². The lowest BCUT2D eigenvalue weighted by Gasteiger charge is -2.60. The van der Waals surface area contributed by atoms with Gasteiger partial charge < -0.3 is 4.74 Å². The highest BCUT2D eigenvalue weighted by Crippen LogP contribution is 2.66. The Bertz CT molecular complexity index is 701. The van der Waals surface area contributed by atoms with Crippen molar-refractivity contribution in [2.45, 2.75) is 84.2 Å². The van der Waals surface area contributed by atoms with Crippen LogP contribution < -0.4 is 4.74 Å². The number of benzene rings is 1. The third kappa shape index (κ3) is 2.95. The third-order valence-corrected chi connectivity index (χ3v) is 9.84. The third-order valence-electron chi connectivity index (χ3n) is 9.53. The first-order valence-electron chi connectivity index (χ1n) is 11.4. The summed E-state index contributed by atoms with van der Waals surface area (Å²) >= 11 is 6.34. The topological polar surface area (TPSA) is 9.23 Å². The summed E-state index contributed by atoms with van der Waals surface area (Å²) < 4.78 is 6.37. The number of rotatable bonds is 2. The Hall–Kier alpha value is -0.690. The smallest absolute Gasteiger partial charge is 0.138 e. The zero-order valence-electron chi connectivity index (χ0n) is 17.1. The van der Waals surface area contributed by atoms with E-state index >= 15 is 0 Å². The zero-order valence-corrected chi connectivity index (χ0v) is 17.8. The lowest BCUT2D eigenvalue weighted by atomic mass is 9.45. The molecule has 0 spiro atoms. The van der Waals surface area contributed by atoms with Crippen molar-refractivity contribution in [2.24, 2.45) is 34.5 Å². The summed E-state index contributed by atoms with van der Waals surface area (Å²) in [5.74, 6) is 4.71. The van der Waals surface area contributed by atoms with Crippen molar-refractivity contribution in [1.29, 1.82) is 0 Å². The summed E-state index contributed by atoms with van der Waals surface area (Å²) in [5.41, 5.74) is 1.22. The van der Waals surface area contributed by atoms with Crippen LogP contribution in [0.1, 0.15) is 78.1 Å². The van der Waals surface area contributed by atoms with E-state index in [0.717, 1.165) is 34.4 Å². The van der Waals surface area contributed by atoms with Gasteiger partial charge in [-0.3, -0.25) is 0 Å². The average molecular weight is 387 g/mol. The number of halogens is 1. The molecule has 7 atom stereocenters. The fraction of sp³-hybridized carbons (Fsp3) is 0.760. The Kier molecular flexibility index (Phi) is 4.54. The standard InChI is InChI=1S/C25H35ClO/c1-24-13-5-6-20(24)19-10-9-17-16-18(27-23-8-4-3-7-22(23)26)11-15-25(17,2)21(19)12-14-24/h3-4,7-8,17-21H,5-6,9-16H2,1-2H3/t17-,18?,19-,20-,21-,24-,25-/m0/s1. The molecule has 1 aromatic carbocycles. The quantitative estimate of drug-likeness (QED) is 0.510. The minimum absolute atomic E-state index is 0.347. The zero-order chi connectivity index (χ0) is 18.6. The molecule has 0 radical (unpaired) electrons. The maximum Gasteiger partial charge on any atom is 0.138 e. The van der Waals surface area contributed by atoms with E-state index < -0.39 is 0 Å². The van der Waals surface area contributed by atoms with Crippen LogP contribution in [-0.2, 0) is 0 Å². The largest absolute Gasteiger partial charge is 0.489 e. The monoisotopic (exact) mass is 386 g/mol. The van der Waals surface area contributed by atoms with E-state index in [1.165, 1.54) is 64.2 Å². The Morgan fingerprint density at radius 3 is 2.63 bits per heavy atom. The van der Waals surface area contributed by atoms with E-state index in [2.05, 4.69) is 13.8 Å². The highest BCUT2D eigenvalue weighted by atomic mass is 35.5. The lowest BCUT2D eigenvalue weighted by Crippen LogP contribution is -2.53. The Morgan fingerprint density at radius 2 is 1.78 bits per heavy atom. The summed E-state index contributed by atoms with van der Waals surface area (Å²) in [5, 5.41) is 0.752. The number of hydrogen-bond donors (Lipinski definition) is 0. The van der Waals surface area contributed by atoms with E-state index in [0.29, 0.717) is 16.9 Å². The molecule has 4 fully saturated rings. The van der Waals surface area contributed by atoms with Crippen molar-refractivity contribution >= 4 is 11.6 Å². The number of fused-ring (bicyclic) bond motifs is 5. The van der Waals surface area contributed by atoms with Crippen LogP contribution in [0.4, 0.5) is 0 Å². The van der Waals surface area contributed by atoms with Gasteiger partial charge in [-0.25, -0.2) is 0 Å². The normalized spacial score (nSPS) is 46.3. The molecule has 0 saturated heterocycles. The van der Waals surface area contributed by atoms with Gasteiger partial charge in [-0.15, -0.1) is 0 Å². The fourth-order valence-electron chi connectivity index (χ4n) is 8.04. The van der Waals surface area contributed by atoms with Gasteiger partial charge in [0.2, 0.25) is 0 Å². The lowest BCUT2D eigenvalue weighted by molar-refractivity contribution is -0.118. The molecule has 5 rings (SSSR count). The maximum absolute atomic E-state index is 6.37. The first kappa shape index (κ1) is 18.3. The van der Waals surface area contributed by atoms with Crippen LogP contribution in [0.3, 0.4) is 0 Å². The van der Waals surface area contributed by atoms with Gasteiger partial charge in [0.1, 0.15) is 5.75 Å². The summed E-state index contributed by atoms with van der Waals surface area (Å²) in [7, 11) is 0. The minimum Gasteiger partial charge on any atom is -0.489 e. The molecular weight excluding hydrogens is 352 g/mol. The molecule has 1 unspecified atom stereocenters. The van der Waals surface area contributed by atoms with Crippen molar-refractivity contribution in [2.75, 3.05) is 0 Å². The fourth-order valence-corrected chi connectivity index (χ4v) is 8.22. The van der Waals surface area contributed by atoms with Crippen LogP contribution in [-0.4, -0.2) is 6.10 Å². The van der Waals surface area contributed by atoms with Crippen LogP contribution in [0, 0.1) is 34.5 Å². The highest BCUT2D eigenvalue weighted by molar-refractivity contribution is 6.32. The summed E-state index contributed by atoms with van der Waals surface area (Å²) in [6.07, 6.45) is 14.5. The van der Waals surface area contributed by atoms with Gasteiger partial charge in [-0.05, 0) is 104 Å². The number of ether oxygens (including phenoxy) is 1. The van der Waals surface area contributed by atoms with Gasteiger partial charge in [0, 0.05) is 0 Å². The van der Waals surface area contributed by atoms with E-state index in [9.17, 15) is 0 Å². The van der Waals surface area contributed by atoms with Crippen molar-refractivity contribution < 1.29 is 4.74 Å². The first-order valence-corrected chi connectivity index (χ1v) is 11.8. The summed E-state index contributed by atoms with van der Waals surface area (Å²) in [6, 6.07) is 7.97. The minimum atomic E-state index is 0.347. The predicted octanol–water partition coefficient (Wildman–Crippen LogP) is 7.52. The molecule has 27 heavy (non-hydrogen) atoms. The molecule has 2 heteroatoms. The van der Waals surface area contributed by atoms with Gasteiger partial charge in [-0.2, -0.15) is 0 Å². The number of hydrogen-bond acceptors (Lipinski definition) is 1. The molecule has 1 aromatic rings. The van der Waals surface area contributed by atoms with E-state index in [1.807, 2.05) is 24.3 Å². The van der Waals surface area contributed by atoms with Crippen LogP contribution in [0.15, 0.2) is 24.3 Å². The summed E-state index contributed by atoms with van der Waals surface area (Å²) in [6.45, 7) is 5.27. The first-order chi connectivity index (χ1) is 13.0. The Balaban J connectivity index is 1.32. The molecule has 0 amide bonds. The second kappa shape index (κ2) is 6.68. The predicted molar refractivity (Wildman–Crippen MR) is 112 cm³/mol. The van der Waals surface area contributed by atoms with Crippen molar-refractivity contribution in [3.63, 3.8) is 0 Å². The molecule has 0 heterocycles. The second-order valence-corrected chi connectivity index (χ2v) is 11.1. The molecular formula is C25H35ClO. The average Bonchev–Trinajstić information content (AvgIpc) is 3.06. The molecule has 0 N–H and O–H groups in total. The molecule has 0 bridgehead atoms. The molecule has 0 aromatic heterocycles. The Labute approximate surface area is 170 Å². The van der Waals surface area contributed by atoms with Crippen molar-refractivity contribution in [3.8, 4) is 5.75 Å². The van der Waals surface area contributed by atoms with Gasteiger partial charge in [0.05, 0.1) is 11.1 Å². The van der Waals surface area contributed by atoms with E-state index in [1.54, 1.807) is 0 Å². The van der Waals surface area contributed by atoms with Crippen LogP contribution in [0.2, 0.25) is 5.02 Å². The van der Waals surface area contributed by atoms with Crippen molar-refractivity contribution in [1.82, 2.24) is 0 Å². The highest BCUT2D eigenvalue weighted by Gasteiger charge is 2.57. The van der Waals surface area contributed by atoms with Crippen LogP contribution >= 0.6 is 11.6 Å². The van der Waals surface area contributed by atoms with Gasteiger partial charge in [0.15, 0.2) is 0 Å². The second-order valence-electron chi connectivity index (χ2n) is 10.7. The van der Waals surface area contributed by atoms with Gasteiger partial charge in [0.25, 0.3) is 0 Å².